The Morgan fingerprint density at radius 3 is 2.56 bits per heavy atom. The molecule has 1 aromatic heterocycles. The Hall–Kier alpha value is -1.86. The first-order valence-electron chi connectivity index (χ1n) is 9.08. The molecule has 1 aliphatic rings. The SMILES string of the molecule is CCC1(C)CCN(c2nc(N)c(Sc3ccc(N)cc3Cl)c(=O)n2C)CC1. The van der Waals surface area contributed by atoms with Crippen LogP contribution >= 0.6 is 23.4 Å². The molecule has 4 N–H and O–H groups in total. The van der Waals surface area contributed by atoms with Gasteiger partial charge in [-0.05, 0) is 36.5 Å². The van der Waals surface area contributed by atoms with Gasteiger partial charge in [0.1, 0.15) is 10.7 Å². The van der Waals surface area contributed by atoms with Gasteiger partial charge < -0.3 is 16.4 Å². The Morgan fingerprint density at radius 1 is 1.30 bits per heavy atom. The van der Waals surface area contributed by atoms with Gasteiger partial charge in [0.15, 0.2) is 0 Å². The molecule has 0 saturated carbocycles. The quantitative estimate of drug-likeness (QED) is 0.750. The predicted molar refractivity (Wildman–Crippen MR) is 114 cm³/mol. The molecule has 1 fully saturated rings. The van der Waals surface area contributed by atoms with Gasteiger partial charge in [-0.1, -0.05) is 43.6 Å². The fourth-order valence-corrected chi connectivity index (χ4v) is 4.47. The molecule has 0 bridgehead atoms. The van der Waals surface area contributed by atoms with E-state index < -0.39 is 0 Å². The molecule has 0 radical (unpaired) electrons. The highest BCUT2D eigenvalue weighted by Gasteiger charge is 2.30. The smallest absolute Gasteiger partial charge is 0.270 e. The van der Waals surface area contributed by atoms with Crippen molar-refractivity contribution in [2.45, 2.75) is 42.9 Å². The Labute approximate surface area is 168 Å². The van der Waals surface area contributed by atoms with Gasteiger partial charge in [0.25, 0.3) is 5.56 Å². The Balaban J connectivity index is 1.90. The number of rotatable bonds is 4. The summed E-state index contributed by atoms with van der Waals surface area (Å²) < 4.78 is 1.58. The van der Waals surface area contributed by atoms with Crippen LogP contribution in [0.2, 0.25) is 5.02 Å². The van der Waals surface area contributed by atoms with Crippen molar-refractivity contribution in [1.82, 2.24) is 9.55 Å². The van der Waals surface area contributed by atoms with Crippen LogP contribution in [0, 0.1) is 5.41 Å². The van der Waals surface area contributed by atoms with E-state index in [1.807, 2.05) is 0 Å². The van der Waals surface area contributed by atoms with Crippen LogP contribution in [0.4, 0.5) is 17.5 Å². The summed E-state index contributed by atoms with van der Waals surface area (Å²) in [6.45, 7) is 6.30. The van der Waals surface area contributed by atoms with E-state index in [4.69, 9.17) is 23.1 Å². The molecule has 27 heavy (non-hydrogen) atoms. The highest BCUT2D eigenvalue weighted by atomic mass is 35.5. The van der Waals surface area contributed by atoms with E-state index >= 15 is 0 Å². The second kappa shape index (κ2) is 7.64. The summed E-state index contributed by atoms with van der Waals surface area (Å²) in [5.41, 5.74) is 12.7. The zero-order valence-electron chi connectivity index (χ0n) is 16.0. The van der Waals surface area contributed by atoms with Gasteiger partial charge in [-0.2, -0.15) is 4.98 Å². The molecular formula is C19H26ClN5OS. The van der Waals surface area contributed by atoms with Crippen LogP contribution in [-0.4, -0.2) is 22.6 Å². The second-order valence-electron chi connectivity index (χ2n) is 7.43. The summed E-state index contributed by atoms with van der Waals surface area (Å²) in [5, 5.41) is 0.486. The lowest BCUT2D eigenvalue weighted by Gasteiger charge is -2.39. The Kier molecular flexibility index (Phi) is 5.63. The van der Waals surface area contributed by atoms with E-state index in [2.05, 4.69) is 23.7 Å². The average Bonchev–Trinajstić information content (AvgIpc) is 2.64. The van der Waals surface area contributed by atoms with Crippen molar-refractivity contribution in [2.75, 3.05) is 29.5 Å². The predicted octanol–water partition coefficient (Wildman–Crippen LogP) is 3.77. The lowest BCUT2D eigenvalue weighted by atomic mass is 9.78. The molecule has 3 rings (SSSR count). The molecule has 1 saturated heterocycles. The van der Waals surface area contributed by atoms with Gasteiger partial charge >= 0.3 is 0 Å². The first kappa shape index (κ1) is 19.9. The normalized spacial score (nSPS) is 16.5. The number of nitrogens with two attached hydrogens (primary N) is 2. The molecule has 1 aliphatic heterocycles. The van der Waals surface area contributed by atoms with Gasteiger partial charge in [-0.15, -0.1) is 0 Å². The van der Waals surface area contributed by atoms with E-state index in [-0.39, 0.29) is 11.4 Å². The number of aromatic nitrogens is 2. The Bertz CT molecular complexity index is 906. The number of nitrogen functional groups attached to an aromatic ring is 2. The van der Waals surface area contributed by atoms with Crippen molar-refractivity contribution >= 4 is 40.8 Å². The fraction of sp³-hybridized carbons (Fsp3) is 0.474. The van der Waals surface area contributed by atoms with Crippen molar-refractivity contribution < 1.29 is 0 Å². The van der Waals surface area contributed by atoms with Crippen LogP contribution in [0.25, 0.3) is 0 Å². The molecule has 6 nitrogen and oxygen atoms in total. The van der Waals surface area contributed by atoms with E-state index in [9.17, 15) is 4.79 Å². The lowest BCUT2D eigenvalue weighted by Crippen LogP contribution is -2.41. The second-order valence-corrected chi connectivity index (χ2v) is 8.89. The van der Waals surface area contributed by atoms with Gasteiger partial charge in [-0.25, -0.2) is 0 Å². The molecule has 8 heteroatoms. The third-order valence-corrected chi connectivity index (χ3v) is 7.12. The van der Waals surface area contributed by atoms with E-state index in [0.717, 1.165) is 37.2 Å². The summed E-state index contributed by atoms with van der Waals surface area (Å²) >= 11 is 7.46. The van der Waals surface area contributed by atoms with Crippen molar-refractivity contribution in [2.24, 2.45) is 12.5 Å². The molecule has 0 aliphatic carbocycles. The van der Waals surface area contributed by atoms with Gasteiger partial charge in [0.05, 0.1) is 5.02 Å². The summed E-state index contributed by atoms with van der Waals surface area (Å²) in [4.78, 5) is 20.8. The first-order chi connectivity index (χ1) is 12.7. The van der Waals surface area contributed by atoms with Gasteiger partial charge in [-0.3, -0.25) is 9.36 Å². The van der Waals surface area contributed by atoms with Crippen molar-refractivity contribution in [1.29, 1.82) is 0 Å². The van der Waals surface area contributed by atoms with Crippen LogP contribution in [-0.2, 0) is 7.05 Å². The largest absolute Gasteiger partial charge is 0.399 e. The number of benzene rings is 1. The lowest BCUT2D eigenvalue weighted by molar-refractivity contribution is 0.236. The standard InChI is InChI=1S/C19H26ClN5OS/c1-4-19(2)7-9-25(10-8-19)18-23-16(22)15(17(26)24(18)3)27-14-6-5-12(21)11-13(14)20/h5-6,11H,4,7-10,21-22H2,1-3H3. The molecule has 2 aromatic rings. The minimum atomic E-state index is -0.167. The molecule has 0 amide bonds. The van der Waals surface area contributed by atoms with Gasteiger partial charge in [0, 0.05) is 30.7 Å². The highest BCUT2D eigenvalue weighted by molar-refractivity contribution is 7.99. The van der Waals surface area contributed by atoms with Crippen molar-refractivity contribution in [3.63, 3.8) is 0 Å². The maximum absolute atomic E-state index is 12.9. The number of hydrogen-bond donors (Lipinski definition) is 2. The number of nitrogens with zero attached hydrogens (tertiary/aromatic N) is 3. The molecule has 0 unspecified atom stereocenters. The molecular weight excluding hydrogens is 382 g/mol. The third kappa shape index (κ3) is 4.04. The van der Waals surface area contributed by atoms with Crippen LogP contribution in [0.15, 0.2) is 32.8 Å². The summed E-state index contributed by atoms with van der Waals surface area (Å²) in [5.74, 6) is 0.859. The average molecular weight is 408 g/mol. The zero-order valence-corrected chi connectivity index (χ0v) is 17.5. The fourth-order valence-electron chi connectivity index (χ4n) is 3.27. The van der Waals surface area contributed by atoms with E-state index in [1.165, 1.54) is 11.8 Å². The van der Waals surface area contributed by atoms with Crippen LogP contribution in [0.3, 0.4) is 0 Å². The maximum atomic E-state index is 12.9. The Morgan fingerprint density at radius 2 is 1.96 bits per heavy atom. The first-order valence-corrected chi connectivity index (χ1v) is 10.3. The topological polar surface area (TPSA) is 90.2 Å². The highest BCUT2D eigenvalue weighted by Crippen LogP contribution is 2.37. The van der Waals surface area contributed by atoms with Crippen molar-refractivity contribution in [3.8, 4) is 0 Å². The van der Waals surface area contributed by atoms with Crippen LogP contribution < -0.4 is 21.9 Å². The van der Waals surface area contributed by atoms with Crippen LogP contribution in [0.1, 0.15) is 33.1 Å². The van der Waals surface area contributed by atoms with E-state index in [1.54, 1.807) is 29.8 Å². The zero-order chi connectivity index (χ0) is 19.8. The number of hydrogen-bond acceptors (Lipinski definition) is 6. The summed E-state index contributed by atoms with van der Waals surface area (Å²) in [7, 11) is 1.74. The van der Waals surface area contributed by atoms with E-state index in [0.29, 0.717) is 27.0 Å². The van der Waals surface area contributed by atoms with Crippen molar-refractivity contribution in [3.05, 3.63) is 33.6 Å². The van der Waals surface area contributed by atoms with Crippen LogP contribution in [0.5, 0.6) is 0 Å². The molecule has 146 valence electrons. The third-order valence-electron chi connectivity index (χ3n) is 5.53. The summed E-state index contributed by atoms with van der Waals surface area (Å²) in [6.07, 6.45) is 3.32. The monoisotopic (exact) mass is 407 g/mol. The molecule has 2 heterocycles. The minimum Gasteiger partial charge on any atom is -0.399 e. The number of piperidine rings is 1. The summed E-state index contributed by atoms with van der Waals surface area (Å²) in [6, 6.07) is 5.19. The maximum Gasteiger partial charge on any atom is 0.270 e. The van der Waals surface area contributed by atoms with Gasteiger partial charge in [0.2, 0.25) is 5.95 Å². The minimum absolute atomic E-state index is 0.167. The number of anilines is 3. The molecule has 1 aromatic carbocycles. The number of halogens is 1. The molecule has 0 atom stereocenters. The molecule has 0 spiro atoms.